The lowest BCUT2D eigenvalue weighted by molar-refractivity contribution is -0.138. The van der Waals surface area contributed by atoms with Gasteiger partial charge in [0.2, 0.25) is 11.8 Å². The summed E-state index contributed by atoms with van der Waals surface area (Å²) >= 11 is 1.58. The molecule has 0 saturated carbocycles. The maximum absolute atomic E-state index is 12.9. The number of nitrogens with zero attached hydrogens (tertiary/aromatic N) is 1. The molecule has 2 rings (SSSR count). The number of thioether (sulfide) groups is 1. The van der Waals surface area contributed by atoms with Gasteiger partial charge in [0.15, 0.2) is 0 Å². The summed E-state index contributed by atoms with van der Waals surface area (Å²) < 4.78 is 0. The van der Waals surface area contributed by atoms with Gasteiger partial charge in [0, 0.05) is 18.8 Å². The highest BCUT2D eigenvalue weighted by Crippen LogP contribution is 2.16. The number of hydrogen-bond donors (Lipinski definition) is 1. The van der Waals surface area contributed by atoms with Crippen molar-refractivity contribution >= 4 is 23.6 Å². The van der Waals surface area contributed by atoms with E-state index in [1.165, 1.54) is 11.1 Å². The molecule has 0 bridgehead atoms. The molecule has 0 radical (unpaired) electrons. The van der Waals surface area contributed by atoms with Gasteiger partial charge in [-0.15, -0.1) is 11.8 Å². The third-order valence-corrected chi connectivity index (χ3v) is 5.52. The van der Waals surface area contributed by atoms with E-state index >= 15 is 0 Å². The number of amides is 2. The predicted molar refractivity (Wildman–Crippen MR) is 117 cm³/mol. The largest absolute Gasteiger partial charge is 0.354 e. The minimum absolute atomic E-state index is 0.0138. The van der Waals surface area contributed by atoms with Crippen LogP contribution in [0.15, 0.2) is 54.6 Å². The molecule has 150 valence electrons. The Morgan fingerprint density at radius 3 is 2.36 bits per heavy atom. The van der Waals surface area contributed by atoms with Gasteiger partial charge in [-0.1, -0.05) is 67.1 Å². The van der Waals surface area contributed by atoms with Gasteiger partial charge < -0.3 is 10.2 Å². The fourth-order valence-electron chi connectivity index (χ4n) is 2.78. The molecule has 1 atom stereocenters. The highest BCUT2D eigenvalue weighted by Gasteiger charge is 2.25. The van der Waals surface area contributed by atoms with Gasteiger partial charge in [0.25, 0.3) is 0 Å². The quantitative estimate of drug-likeness (QED) is 0.653. The monoisotopic (exact) mass is 398 g/mol. The Bertz CT molecular complexity index is 747. The van der Waals surface area contributed by atoms with E-state index in [1.807, 2.05) is 37.3 Å². The molecule has 0 aliphatic heterocycles. The highest BCUT2D eigenvalue weighted by atomic mass is 32.2. The van der Waals surface area contributed by atoms with Crippen molar-refractivity contribution in [2.24, 2.45) is 0 Å². The van der Waals surface area contributed by atoms with Gasteiger partial charge in [0.05, 0.1) is 5.75 Å². The normalized spacial score (nSPS) is 11.7. The highest BCUT2D eigenvalue weighted by molar-refractivity contribution is 7.99. The molecule has 0 unspecified atom stereocenters. The number of carbonyl (C=O) groups is 2. The van der Waals surface area contributed by atoms with Crippen LogP contribution in [0.5, 0.6) is 0 Å². The fraction of sp³-hybridized carbons (Fsp3) is 0.391. The lowest BCUT2D eigenvalue weighted by Crippen LogP contribution is -2.48. The summed E-state index contributed by atoms with van der Waals surface area (Å²) in [6.07, 6.45) is 0.873. The van der Waals surface area contributed by atoms with E-state index in [0.717, 1.165) is 17.7 Å². The van der Waals surface area contributed by atoms with Crippen LogP contribution in [0.1, 0.15) is 37.0 Å². The van der Waals surface area contributed by atoms with Crippen molar-refractivity contribution in [1.82, 2.24) is 10.2 Å². The number of aryl methyl sites for hydroxylation is 1. The Hall–Kier alpha value is -2.27. The second kappa shape index (κ2) is 11.5. The van der Waals surface area contributed by atoms with Crippen LogP contribution in [0.25, 0.3) is 0 Å². The van der Waals surface area contributed by atoms with Crippen molar-refractivity contribution in [2.45, 2.75) is 45.5 Å². The number of carbonyl (C=O) groups excluding carboxylic acids is 2. The lowest BCUT2D eigenvalue weighted by Gasteiger charge is -2.28. The molecule has 0 fully saturated rings. The minimum atomic E-state index is -0.501. The van der Waals surface area contributed by atoms with Crippen molar-refractivity contribution in [3.05, 3.63) is 71.3 Å². The SMILES string of the molecule is CCCNC(=O)[C@@H](C)N(Cc1ccccc1)C(=O)CSCc1ccc(C)cc1. The Morgan fingerprint density at radius 2 is 1.71 bits per heavy atom. The topological polar surface area (TPSA) is 49.4 Å². The molecule has 5 heteroatoms. The van der Waals surface area contributed by atoms with Crippen molar-refractivity contribution < 1.29 is 9.59 Å². The van der Waals surface area contributed by atoms with Gasteiger partial charge in [0.1, 0.15) is 6.04 Å². The zero-order valence-electron chi connectivity index (χ0n) is 17.0. The zero-order chi connectivity index (χ0) is 20.4. The minimum Gasteiger partial charge on any atom is -0.354 e. The summed E-state index contributed by atoms with van der Waals surface area (Å²) in [7, 11) is 0. The molecule has 0 aliphatic carbocycles. The Balaban J connectivity index is 2.00. The molecule has 0 saturated heterocycles. The fourth-order valence-corrected chi connectivity index (χ4v) is 3.65. The number of benzene rings is 2. The van der Waals surface area contributed by atoms with E-state index in [9.17, 15) is 9.59 Å². The number of hydrogen-bond acceptors (Lipinski definition) is 3. The molecule has 0 spiro atoms. The van der Waals surface area contributed by atoms with Crippen molar-refractivity contribution in [1.29, 1.82) is 0 Å². The summed E-state index contributed by atoms with van der Waals surface area (Å²) in [5.74, 6) is 1.02. The summed E-state index contributed by atoms with van der Waals surface area (Å²) in [4.78, 5) is 27.1. The van der Waals surface area contributed by atoms with Crippen molar-refractivity contribution in [3.63, 3.8) is 0 Å². The van der Waals surface area contributed by atoms with E-state index in [4.69, 9.17) is 0 Å². The molecule has 2 aromatic rings. The van der Waals surface area contributed by atoms with Crippen LogP contribution in [0.4, 0.5) is 0 Å². The average molecular weight is 399 g/mol. The number of nitrogens with one attached hydrogen (secondary N) is 1. The summed E-state index contributed by atoms with van der Waals surface area (Å²) in [6.45, 7) is 6.94. The molecular formula is C23H30N2O2S. The summed E-state index contributed by atoms with van der Waals surface area (Å²) in [6, 6.07) is 17.7. The van der Waals surface area contributed by atoms with Crippen LogP contribution in [0.3, 0.4) is 0 Å². The van der Waals surface area contributed by atoms with Crippen LogP contribution in [-0.2, 0) is 21.9 Å². The van der Waals surface area contributed by atoms with Crippen molar-refractivity contribution in [3.8, 4) is 0 Å². The molecule has 2 aromatic carbocycles. The summed E-state index contributed by atoms with van der Waals surface area (Å²) in [5.41, 5.74) is 3.45. The second-order valence-corrected chi connectivity index (χ2v) is 7.94. The van der Waals surface area contributed by atoms with E-state index in [-0.39, 0.29) is 11.8 Å². The molecule has 2 amide bonds. The molecule has 4 nitrogen and oxygen atoms in total. The summed E-state index contributed by atoms with van der Waals surface area (Å²) in [5, 5.41) is 2.90. The Kier molecular flexibility index (Phi) is 9.08. The van der Waals surface area contributed by atoms with E-state index in [1.54, 1.807) is 23.6 Å². The Morgan fingerprint density at radius 1 is 1.04 bits per heavy atom. The first-order valence-electron chi connectivity index (χ1n) is 9.75. The predicted octanol–water partition coefficient (Wildman–Crippen LogP) is 4.17. The van der Waals surface area contributed by atoms with Crippen molar-refractivity contribution in [2.75, 3.05) is 12.3 Å². The maximum atomic E-state index is 12.9. The first-order valence-corrected chi connectivity index (χ1v) is 10.9. The molecule has 0 heterocycles. The molecule has 1 N–H and O–H groups in total. The maximum Gasteiger partial charge on any atom is 0.242 e. The van der Waals surface area contributed by atoms with Gasteiger partial charge >= 0.3 is 0 Å². The smallest absolute Gasteiger partial charge is 0.242 e. The molecule has 0 aromatic heterocycles. The van der Waals surface area contributed by atoms with Crippen LogP contribution in [0.2, 0.25) is 0 Å². The third-order valence-electron chi connectivity index (χ3n) is 4.53. The van der Waals surface area contributed by atoms with Gasteiger partial charge in [-0.05, 0) is 31.4 Å². The van der Waals surface area contributed by atoms with E-state index in [0.29, 0.717) is 18.8 Å². The number of rotatable bonds is 10. The van der Waals surface area contributed by atoms with E-state index in [2.05, 4.69) is 36.5 Å². The van der Waals surface area contributed by atoms with Crippen LogP contribution in [0, 0.1) is 6.92 Å². The molecule has 0 aliphatic rings. The van der Waals surface area contributed by atoms with Crippen LogP contribution >= 0.6 is 11.8 Å². The van der Waals surface area contributed by atoms with Gasteiger partial charge in [-0.3, -0.25) is 9.59 Å². The van der Waals surface area contributed by atoms with Crippen LogP contribution in [-0.4, -0.2) is 35.1 Å². The van der Waals surface area contributed by atoms with E-state index < -0.39 is 6.04 Å². The first-order chi connectivity index (χ1) is 13.5. The molecular weight excluding hydrogens is 368 g/mol. The van der Waals surface area contributed by atoms with Gasteiger partial charge in [-0.2, -0.15) is 0 Å². The van der Waals surface area contributed by atoms with Crippen LogP contribution < -0.4 is 5.32 Å². The second-order valence-electron chi connectivity index (χ2n) is 6.95. The Labute approximate surface area is 172 Å². The standard InChI is InChI=1S/C23H30N2O2S/c1-4-14-24-23(27)19(3)25(15-20-8-6-5-7-9-20)22(26)17-28-16-21-12-10-18(2)11-13-21/h5-13,19H,4,14-17H2,1-3H3,(H,24,27)/t19-/m1/s1. The first kappa shape index (κ1) is 22.0. The third kappa shape index (κ3) is 7.04. The molecule has 28 heavy (non-hydrogen) atoms. The zero-order valence-corrected chi connectivity index (χ0v) is 17.8. The average Bonchev–Trinajstić information content (AvgIpc) is 2.71. The van der Waals surface area contributed by atoms with Gasteiger partial charge in [-0.25, -0.2) is 0 Å². The lowest BCUT2D eigenvalue weighted by atomic mass is 10.1.